The third-order valence-corrected chi connectivity index (χ3v) is 3.59. The van der Waals surface area contributed by atoms with Crippen LogP contribution in [0.5, 0.6) is 5.75 Å². The van der Waals surface area contributed by atoms with Crippen molar-refractivity contribution in [2.24, 2.45) is 0 Å². The van der Waals surface area contributed by atoms with E-state index in [1.165, 1.54) is 0 Å². The number of hydrogen-bond donors (Lipinski definition) is 2. The molecule has 0 atom stereocenters. The average Bonchev–Trinajstić information content (AvgIpc) is 2.47. The van der Waals surface area contributed by atoms with E-state index in [2.05, 4.69) is 29.0 Å². The number of aromatic nitrogens is 1. The molecule has 2 aromatic rings. The molecule has 0 aliphatic heterocycles. The Morgan fingerprint density at radius 3 is 2.75 bits per heavy atom. The van der Waals surface area contributed by atoms with Crippen LogP contribution in [0.4, 0.5) is 5.82 Å². The van der Waals surface area contributed by atoms with Crippen molar-refractivity contribution in [3.05, 3.63) is 30.5 Å². The normalized spacial score (nSPS) is 11.2. The van der Waals surface area contributed by atoms with Gasteiger partial charge in [0.1, 0.15) is 11.6 Å². The summed E-state index contributed by atoms with van der Waals surface area (Å²) >= 11 is 0. The van der Waals surface area contributed by atoms with Gasteiger partial charge < -0.3 is 15.3 Å². The number of phenols is 1. The molecule has 0 spiro atoms. The molecule has 1 aromatic carbocycles. The average molecular weight is 273 g/mol. The number of aromatic hydroxyl groups is 1. The number of benzene rings is 1. The molecule has 0 fully saturated rings. The van der Waals surface area contributed by atoms with Crippen LogP contribution in [-0.2, 0) is 0 Å². The fourth-order valence-electron chi connectivity index (χ4n) is 2.35. The predicted molar refractivity (Wildman–Crippen MR) is 84.3 cm³/mol. The van der Waals surface area contributed by atoms with Gasteiger partial charge in [0.2, 0.25) is 0 Å². The summed E-state index contributed by atoms with van der Waals surface area (Å²) in [5, 5.41) is 15.0. The van der Waals surface area contributed by atoms with Crippen LogP contribution in [0.2, 0.25) is 0 Å². The minimum absolute atomic E-state index is 0.275. The van der Waals surface area contributed by atoms with Gasteiger partial charge in [0.15, 0.2) is 0 Å². The zero-order chi connectivity index (χ0) is 14.4. The summed E-state index contributed by atoms with van der Waals surface area (Å²) in [4.78, 5) is 6.78. The number of pyridine rings is 1. The molecule has 0 unspecified atom stereocenters. The minimum atomic E-state index is 0.275. The molecule has 0 radical (unpaired) electrons. The van der Waals surface area contributed by atoms with Crippen molar-refractivity contribution >= 4 is 16.6 Å². The second-order valence-corrected chi connectivity index (χ2v) is 4.87. The van der Waals surface area contributed by atoms with E-state index in [9.17, 15) is 5.11 Å². The first-order chi connectivity index (χ1) is 9.74. The Morgan fingerprint density at radius 2 is 2.00 bits per heavy atom. The summed E-state index contributed by atoms with van der Waals surface area (Å²) in [5.41, 5.74) is 0. The Kier molecular flexibility index (Phi) is 5.18. The molecule has 0 bridgehead atoms. The first kappa shape index (κ1) is 14.6. The van der Waals surface area contributed by atoms with Crippen molar-refractivity contribution in [2.75, 3.05) is 31.5 Å². The second kappa shape index (κ2) is 7.10. The molecule has 1 aromatic heterocycles. The molecule has 20 heavy (non-hydrogen) atoms. The molecular formula is C16H23N3O. The van der Waals surface area contributed by atoms with E-state index in [1.807, 2.05) is 12.1 Å². The molecule has 0 saturated carbocycles. The summed E-state index contributed by atoms with van der Waals surface area (Å²) in [7, 11) is 0. The zero-order valence-corrected chi connectivity index (χ0v) is 12.3. The number of rotatable bonds is 7. The number of hydrogen-bond acceptors (Lipinski definition) is 4. The van der Waals surface area contributed by atoms with E-state index < -0.39 is 0 Å². The maximum Gasteiger partial charge on any atom is 0.133 e. The second-order valence-electron chi connectivity index (χ2n) is 4.87. The number of anilines is 1. The number of nitrogens with one attached hydrogen (secondary N) is 1. The molecule has 4 heteroatoms. The van der Waals surface area contributed by atoms with Crippen LogP contribution >= 0.6 is 0 Å². The summed E-state index contributed by atoms with van der Waals surface area (Å²) in [6, 6.07) is 7.32. The van der Waals surface area contributed by atoms with Gasteiger partial charge in [0.25, 0.3) is 0 Å². The van der Waals surface area contributed by atoms with Crippen molar-refractivity contribution in [3.8, 4) is 5.75 Å². The van der Waals surface area contributed by atoms with Crippen LogP contribution in [0.15, 0.2) is 30.5 Å². The van der Waals surface area contributed by atoms with Gasteiger partial charge in [0, 0.05) is 18.1 Å². The summed E-state index contributed by atoms with van der Waals surface area (Å²) in [6.45, 7) is 8.54. The number of fused-ring (bicyclic) bond motifs is 1. The Balaban J connectivity index is 1.98. The van der Waals surface area contributed by atoms with E-state index in [4.69, 9.17) is 0 Å². The maximum absolute atomic E-state index is 9.60. The zero-order valence-electron chi connectivity index (χ0n) is 12.3. The van der Waals surface area contributed by atoms with Gasteiger partial charge in [-0.15, -0.1) is 0 Å². The first-order valence-electron chi connectivity index (χ1n) is 7.28. The number of phenolic OH excluding ortho intramolecular Hbond substituents is 1. The minimum Gasteiger partial charge on any atom is -0.508 e. The SMILES string of the molecule is CCN(CC)CCCNc1nccc2ccc(O)cc12. The summed E-state index contributed by atoms with van der Waals surface area (Å²) < 4.78 is 0. The smallest absolute Gasteiger partial charge is 0.133 e. The van der Waals surface area contributed by atoms with Crippen LogP contribution < -0.4 is 5.32 Å². The topological polar surface area (TPSA) is 48.4 Å². The standard InChI is InChI=1S/C16H23N3O/c1-3-19(4-2)11-5-9-17-16-15-12-14(20)7-6-13(15)8-10-18-16/h6-8,10,12,20H,3-5,9,11H2,1-2H3,(H,17,18). The lowest BCUT2D eigenvalue weighted by molar-refractivity contribution is 0.303. The lowest BCUT2D eigenvalue weighted by Crippen LogP contribution is -2.25. The molecule has 1 heterocycles. The monoisotopic (exact) mass is 273 g/mol. The highest BCUT2D eigenvalue weighted by Crippen LogP contribution is 2.24. The van der Waals surface area contributed by atoms with Gasteiger partial charge in [-0.3, -0.25) is 0 Å². The van der Waals surface area contributed by atoms with Crippen molar-refractivity contribution in [1.82, 2.24) is 9.88 Å². The lowest BCUT2D eigenvalue weighted by Gasteiger charge is -2.18. The van der Waals surface area contributed by atoms with E-state index in [-0.39, 0.29) is 5.75 Å². The molecule has 108 valence electrons. The lowest BCUT2D eigenvalue weighted by atomic mass is 10.1. The molecule has 2 N–H and O–H groups in total. The first-order valence-corrected chi connectivity index (χ1v) is 7.28. The maximum atomic E-state index is 9.60. The Hall–Kier alpha value is -1.81. The molecule has 0 saturated heterocycles. The van der Waals surface area contributed by atoms with Crippen molar-refractivity contribution < 1.29 is 5.11 Å². The van der Waals surface area contributed by atoms with Gasteiger partial charge in [0.05, 0.1) is 0 Å². The molecular weight excluding hydrogens is 250 g/mol. The molecule has 4 nitrogen and oxygen atoms in total. The quantitative estimate of drug-likeness (QED) is 0.761. The van der Waals surface area contributed by atoms with E-state index >= 15 is 0 Å². The Morgan fingerprint density at radius 1 is 1.20 bits per heavy atom. The van der Waals surface area contributed by atoms with Gasteiger partial charge in [-0.1, -0.05) is 19.9 Å². The Bertz CT molecular complexity index is 552. The molecule has 0 amide bonds. The molecule has 0 aliphatic rings. The fourth-order valence-corrected chi connectivity index (χ4v) is 2.35. The van der Waals surface area contributed by atoms with Gasteiger partial charge in [-0.05, 0) is 49.6 Å². The molecule has 2 rings (SSSR count). The van der Waals surface area contributed by atoms with E-state index in [1.54, 1.807) is 18.3 Å². The highest BCUT2D eigenvalue weighted by atomic mass is 16.3. The van der Waals surface area contributed by atoms with Crippen LogP contribution in [0, 0.1) is 0 Å². The van der Waals surface area contributed by atoms with Crippen LogP contribution in [0.3, 0.4) is 0 Å². The van der Waals surface area contributed by atoms with Crippen molar-refractivity contribution in [2.45, 2.75) is 20.3 Å². The highest BCUT2D eigenvalue weighted by Gasteiger charge is 2.03. The van der Waals surface area contributed by atoms with Crippen molar-refractivity contribution in [1.29, 1.82) is 0 Å². The largest absolute Gasteiger partial charge is 0.508 e. The van der Waals surface area contributed by atoms with Crippen LogP contribution in [-0.4, -0.2) is 41.2 Å². The van der Waals surface area contributed by atoms with Gasteiger partial charge >= 0.3 is 0 Å². The highest BCUT2D eigenvalue weighted by molar-refractivity contribution is 5.92. The third kappa shape index (κ3) is 3.61. The van der Waals surface area contributed by atoms with Gasteiger partial charge in [-0.2, -0.15) is 0 Å². The van der Waals surface area contributed by atoms with Crippen LogP contribution in [0.1, 0.15) is 20.3 Å². The van der Waals surface area contributed by atoms with Crippen molar-refractivity contribution in [3.63, 3.8) is 0 Å². The number of nitrogens with zero attached hydrogens (tertiary/aromatic N) is 2. The van der Waals surface area contributed by atoms with Gasteiger partial charge in [-0.25, -0.2) is 4.98 Å². The van der Waals surface area contributed by atoms with E-state index in [0.29, 0.717) is 0 Å². The summed E-state index contributed by atoms with van der Waals surface area (Å²) in [6.07, 6.45) is 2.88. The van der Waals surface area contributed by atoms with E-state index in [0.717, 1.165) is 49.2 Å². The summed E-state index contributed by atoms with van der Waals surface area (Å²) in [5.74, 6) is 1.12. The Labute approximate surface area is 120 Å². The predicted octanol–water partition coefficient (Wildman–Crippen LogP) is 3.08. The third-order valence-electron chi connectivity index (χ3n) is 3.59. The fraction of sp³-hybridized carbons (Fsp3) is 0.438. The molecule has 0 aliphatic carbocycles. The van der Waals surface area contributed by atoms with Crippen LogP contribution in [0.25, 0.3) is 10.8 Å².